The number of esters is 1. The molecule has 0 unspecified atom stereocenters. The molecule has 9 nitrogen and oxygen atoms in total. The van der Waals surface area contributed by atoms with Gasteiger partial charge in [0.15, 0.2) is 0 Å². The van der Waals surface area contributed by atoms with Crippen LogP contribution in [0.15, 0.2) is 53.4 Å². The molecule has 0 radical (unpaired) electrons. The Kier molecular flexibility index (Phi) is 9.85. The predicted molar refractivity (Wildman–Crippen MR) is 149 cm³/mol. The van der Waals surface area contributed by atoms with Crippen molar-refractivity contribution in [2.45, 2.75) is 43.9 Å². The molecule has 0 saturated carbocycles. The normalized spacial score (nSPS) is 17.2. The maximum atomic E-state index is 13.6. The minimum absolute atomic E-state index is 0.0735. The summed E-state index contributed by atoms with van der Waals surface area (Å²) in [5, 5.41) is 0. The minimum Gasteiger partial charge on any atom is -0.495 e. The molecule has 2 aromatic carbocycles. The Morgan fingerprint density at radius 1 is 0.923 bits per heavy atom. The Bertz CT molecular complexity index is 1220. The number of sulfonamides is 1. The van der Waals surface area contributed by atoms with Crippen LogP contribution in [0.1, 0.15) is 38.2 Å². The van der Waals surface area contributed by atoms with Gasteiger partial charge in [0.25, 0.3) is 0 Å². The highest BCUT2D eigenvalue weighted by molar-refractivity contribution is 7.89. The second-order valence-electron chi connectivity index (χ2n) is 10.0. The molecule has 0 aliphatic carbocycles. The van der Waals surface area contributed by atoms with Gasteiger partial charge in [0.2, 0.25) is 15.9 Å². The number of carbonyl (C=O) groups is 2. The summed E-state index contributed by atoms with van der Waals surface area (Å²) in [6.45, 7) is 5.10. The SMILES string of the molecule is CCOC(=O)CCC(=O)N1CCN(c2cc(S(=O)(=O)N3CCC(Cc4ccccc4)CC3)ccc2OC)CC1. The average molecular weight is 558 g/mol. The largest absolute Gasteiger partial charge is 0.495 e. The topological polar surface area (TPSA) is 96.5 Å². The van der Waals surface area contributed by atoms with Crippen LogP contribution in [0.3, 0.4) is 0 Å². The summed E-state index contributed by atoms with van der Waals surface area (Å²) in [7, 11) is -2.08. The lowest BCUT2D eigenvalue weighted by molar-refractivity contribution is -0.145. The van der Waals surface area contributed by atoms with Gasteiger partial charge in [-0.1, -0.05) is 30.3 Å². The Hall–Kier alpha value is -3.11. The van der Waals surface area contributed by atoms with Crippen LogP contribution in [0, 0.1) is 5.92 Å². The van der Waals surface area contributed by atoms with E-state index in [4.69, 9.17) is 9.47 Å². The second kappa shape index (κ2) is 13.3. The maximum Gasteiger partial charge on any atom is 0.306 e. The molecule has 1 amide bonds. The van der Waals surface area contributed by atoms with E-state index in [1.165, 1.54) is 5.56 Å². The third kappa shape index (κ3) is 7.30. The van der Waals surface area contributed by atoms with E-state index in [0.29, 0.717) is 63.2 Å². The molecule has 2 heterocycles. The first-order valence-corrected chi connectivity index (χ1v) is 15.2. The van der Waals surface area contributed by atoms with Gasteiger partial charge in [-0.2, -0.15) is 4.31 Å². The molecular formula is C29H39N3O6S. The standard InChI is InChI=1S/C29H39N3O6S/c1-3-38-29(34)12-11-28(33)31-19-17-30(18-20-31)26-22-25(9-10-27(26)37-2)39(35,36)32-15-13-24(14-16-32)21-23-7-5-4-6-8-23/h4-10,22,24H,3,11-21H2,1-2H3. The smallest absolute Gasteiger partial charge is 0.306 e. The van der Waals surface area contributed by atoms with E-state index in [1.807, 2.05) is 18.2 Å². The van der Waals surface area contributed by atoms with Crippen LogP contribution in [-0.2, 0) is 30.8 Å². The fourth-order valence-electron chi connectivity index (χ4n) is 5.32. The van der Waals surface area contributed by atoms with E-state index in [1.54, 1.807) is 41.4 Å². The van der Waals surface area contributed by atoms with Gasteiger partial charge < -0.3 is 19.3 Å². The lowest BCUT2D eigenvalue weighted by atomic mass is 9.91. The summed E-state index contributed by atoms with van der Waals surface area (Å²) in [4.78, 5) is 28.2. The van der Waals surface area contributed by atoms with Crippen molar-refractivity contribution in [2.75, 3.05) is 57.9 Å². The van der Waals surface area contributed by atoms with E-state index in [2.05, 4.69) is 17.0 Å². The first-order valence-electron chi connectivity index (χ1n) is 13.7. The zero-order chi connectivity index (χ0) is 27.8. The van der Waals surface area contributed by atoms with Crippen molar-refractivity contribution >= 4 is 27.6 Å². The zero-order valence-corrected chi connectivity index (χ0v) is 23.7. The lowest BCUT2D eigenvalue weighted by Gasteiger charge is -2.37. The number of piperazine rings is 1. The molecule has 0 aromatic heterocycles. The summed E-state index contributed by atoms with van der Waals surface area (Å²) in [5.74, 6) is 0.619. The minimum atomic E-state index is -3.65. The van der Waals surface area contributed by atoms with Crippen molar-refractivity contribution in [3.05, 3.63) is 54.1 Å². The highest BCUT2D eigenvalue weighted by Gasteiger charge is 2.31. The fraction of sp³-hybridized carbons (Fsp3) is 0.517. The number of anilines is 1. The van der Waals surface area contributed by atoms with Crippen molar-refractivity contribution < 1.29 is 27.5 Å². The van der Waals surface area contributed by atoms with Gasteiger partial charge in [-0.3, -0.25) is 9.59 Å². The number of piperidine rings is 1. The van der Waals surface area contributed by atoms with Crippen LogP contribution in [0.5, 0.6) is 5.75 Å². The van der Waals surface area contributed by atoms with E-state index in [0.717, 1.165) is 19.3 Å². The number of hydrogen-bond acceptors (Lipinski definition) is 7. The van der Waals surface area contributed by atoms with Gasteiger partial charge in [-0.15, -0.1) is 0 Å². The molecule has 0 bridgehead atoms. The molecular weight excluding hydrogens is 518 g/mol. The molecule has 0 N–H and O–H groups in total. The number of amides is 1. The highest BCUT2D eigenvalue weighted by atomic mass is 32.2. The average Bonchev–Trinajstić information content (AvgIpc) is 2.96. The molecule has 2 aromatic rings. The molecule has 39 heavy (non-hydrogen) atoms. The van der Waals surface area contributed by atoms with E-state index >= 15 is 0 Å². The molecule has 0 atom stereocenters. The lowest BCUT2D eigenvalue weighted by Crippen LogP contribution is -2.49. The molecule has 2 aliphatic rings. The summed E-state index contributed by atoms with van der Waals surface area (Å²) in [6.07, 6.45) is 2.84. The number of nitrogens with zero attached hydrogens (tertiary/aromatic N) is 3. The third-order valence-corrected chi connectivity index (χ3v) is 9.44. The van der Waals surface area contributed by atoms with Crippen LogP contribution in [0.4, 0.5) is 5.69 Å². The van der Waals surface area contributed by atoms with Crippen molar-refractivity contribution in [3.63, 3.8) is 0 Å². The van der Waals surface area contributed by atoms with E-state index < -0.39 is 10.0 Å². The van der Waals surface area contributed by atoms with E-state index in [9.17, 15) is 18.0 Å². The van der Waals surface area contributed by atoms with Gasteiger partial charge in [0, 0.05) is 45.7 Å². The molecule has 4 rings (SSSR count). The van der Waals surface area contributed by atoms with Crippen LogP contribution >= 0.6 is 0 Å². The number of hydrogen-bond donors (Lipinski definition) is 0. The molecule has 10 heteroatoms. The highest BCUT2D eigenvalue weighted by Crippen LogP contribution is 2.34. The van der Waals surface area contributed by atoms with Crippen LogP contribution in [0.25, 0.3) is 0 Å². The first kappa shape index (κ1) is 28.9. The summed E-state index contributed by atoms with van der Waals surface area (Å²) in [5.41, 5.74) is 2.00. The molecule has 2 aliphatic heterocycles. The summed E-state index contributed by atoms with van der Waals surface area (Å²) < 4.78 is 39.2. The zero-order valence-electron chi connectivity index (χ0n) is 22.9. The molecule has 212 valence electrons. The number of rotatable bonds is 10. The van der Waals surface area contributed by atoms with Crippen molar-refractivity contribution in [1.82, 2.24) is 9.21 Å². The van der Waals surface area contributed by atoms with Crippen LogP contribution in [0.2, 0.25) is 0 Å². The van der Waals surface area contributed by atoms with Gasteiger partial charge >= 0.3 is 5.97 Å². The van der Waals surface area contributed by atoms with Crippen molar-refractivity contribution in [2.24, 2.45) is 5.92 Å². The van der Waals surface area contributed by atoms with E-state index in [-0.39, 0.29) is 29.6 Å². The van der Waals surface area contributed by atoms with Crippen molar-refractivity contribution in [3.8, 4) is 5.75 Å². The number of benzene rings is 2. The molecule has 2 saturated heterocycles. The van der Waals surface area contributed by atoms with Gasteiger partial charge in [0.05, 0.1) is 30.7 Å². The fourth-order valence-corrected chi connectivity index (χ4v) is 6.81. The Morgan fingerprint density at radius 2 is 1.62 bits per heavy atom. The predicted octanol–water partition coefficient (Wildman–Crippen LogP) is 3.33. The number of carbonyl (C=O) groups excluding carboxylic acids is 2. The molecule has 0 spiro atoms. The third-order valence-electron chi connectivity index (χ3n) is 7.55. The summed E-state index contributed by atoms with van der Waals surface area (Å²) >= 11 is 0. The van der Waals surface area contributed by atoms with Gasteiger partial charge in [0.1, 0.15) is 5.75 Å². The van der Waals surface area contributed by atoms with Crippen molar-refractivity contribution in [1.29, 1.82) is 0 Å². The van der Waals surface area contributed by atoms with Crippen LogP contribution in [-0.4, -0.2) is 82.5 Å². The molecule has 2 fully saturated rings. The number of methoxy groups -OCH3 is 1. The number of ether oxygens (including phenoxy) is 2. The quantitative estimate of drug-likeness (QED) is 0.414. The summed E-state index contributed by atoms with van der Waals surface area (Å²) in [6, 6.07) is 15.4. The van der Waals surface area contributed by atoms with Gasteiger partial charge in [-0.05, 0) is 55.9 Å². The maximum absolute atomic E-state index is 13.6. The Morgan fingerprint density at radius 3 is 2.26 bits per heavy atom. The Labute approximate surface area is 231 Å². The Balaban J connectivity index is 1.37. The van der Waals surface area contributed by atoms with Crippen LogP contribution < -0.4 is 9.64 Å². The monoisotopic (exact) mass is 557 g/mol. The second-order valence-corrected chi connectivity index (χ2v) is 12.0. The first-order chi connectivity index (χ1) is 18.8. The van der Waals surface area contributed by atoms with Gasteiger partial charge in [-0.25, -0.2) is 8.42 Å².